The van der Waals surface area contributed by atoms with E-state index in [0.717, 1.165) is 11.3 Å². The maximum Gasteiger partial charge on any atom is 0.0645 e. The molecule has 1 aromatic rings. The first-order valence-electron chi connectivity index (χ1n) is 4.35. The smallest absolute Gasteiger partial charge is 0.0645 e. The highest BCUT2D eigenvalue weighted by Gasteiger charge is 1.98. The fourth-order valence-electron chi connectivity index (χ4n) is 1.09. The Kier molecular flexibility index (Phi) is 4.20. The Labute approximate surface area is 89.5 Å². The van der Waals surface area contributed by atoms with Crippen LogP contribution in [0.2, 0.25) is 0 Å². The molecule has 3 heteroatoms. The van der Waals surface area contributed by atoms with Crippen molar-refractivity contribution in [2.24, 2.45) is 5.10 Å². The molecule has 0 bridgehead atoms. The Morgan fingerprint density at radius 2 is 2.07 bits per heavy atom. The van der Waals surface area contributed by atoms with Gasteiger partial charge in [0.15, 0.2) is 0 Å². The average molecular weight is 209 g/mol. The summed E-state index contributed by atoms with van der Waals surface area (Å²) >= 11 is 5.69. The molecule has 2 nitrogen and oxygen atoms in total. The summed E-state index contributed by atoms with van der Waals surface area (Å²) in [5.41, 5.74) is 2.08. The SMILES string of the molecule is C=NN(/C=C\C)c1ccc(CCl)cc1. The molecule has 0 aliphatic carbocycles. The lowest BCUT2D eigenvalue weighted by atomic mass is 10.2. The molecule has 0 unspecified atom stereocenters. The summed E-state index contributed by atoms with van der Waals surface area (Å²) in [6.45, 7) is 5.43. The number of rotatable bonds is 4. The summed E-state index contributed by atoms with van der Waals surface area (Å²) in [4.78, 5) is 0. The van der Waals surface area contributed by atoms with E-state index in [1.165, 1.54) is 0 Å². The van der Waals surface area contributed by atoms with E-state index in [1.54, 1.807) is 5.01 Å². The predicted octanol–water partition coefficient (Wildman–Crippen LogP) is 3.38. The number of benzene rings is 1. The van der Waals surface area contributed by atoms with E-state index in [9.17, 15) is 0 Å². The quantitative estimate of drug-likeness (QED) is 0.421. The van der Waals surface area contributed by atoms with Gasteiger partial charge in [0.1, 0.15) is 0 Å². The molecule has 0 radical (unpaired) electrons. The zero-order valence-corrected chi connectivity index (χ0v) is 8.91. The van der Waals surface area contributed by atoms with E-state index >= 15 is 0 Å². The normalized spacial score (nSPS) is 10.4. The first kappa shape index (κ1) is 10.8. The largest absolute Gasteiger partial charge is 0.242 e. The van der Waals surface area contributed by atoms with E-state index < -0.39 is 0 Å². The highest BCUT2D eigenvalue weighted by Crippen LogP contribution is 2.16. The molecular weight excluding hydrogens is 196 g/mol. The van der Waals surface area contributed by atoms with Crippen LogP contribution in [0.3, 0.4) is 0 Å². The van der Waals surface area contributed by atoms with Crippen molar-refractivity contribution in [3.63, 3.8) is 0 Å². The molecule has 0 saturated heterocycles. The van der Waals surface area contributed by atoms with Crippen LogP contribution in [0.4, 0.5) is 5.69 Å². The third-order valence-electron chi connectivity index (χ3n) is 1.80. The predicted molar refractivity (Wildman–Crippen MR) is 62.8 cm³/mol. The van der Waals surface area contributed by atoms with Gasteiger partial charge in [-0.15, -0.1) is 11.6 Å². The molecule has 0 aromatic heterocycles. The highest BCUT2D eigenvalue weighted by atomic mass is 35.5. The number of allylic oxidation sites excluding steroid dienone is 1. The number of nitrogens with zero attached hydrogens (tertiary/aromatic N) is 2. The molecule has 0 aliphatic rings. The second kappa shape index (κ2) is 5.45. The Morgan fingerprint density at radius 1 is 1.43 bits per heavy atom. The molecule has 0 aliphatic heterocycles. The fourth-order valence-corrected chi connectivity index (χ4v) is 1.27. The van der Waals surface area contributed by atoms with Gasteiger partial charge in [0.25, 0.3) is 0 Å². The first-order valence-corrected chi connectivity index (χ1v) is 4.89. The number of alkyl halides is 1. The summed E-state index contributed by atoms with van der Waals surface area (Å²) in [6.07, 6.45) is 3.76. The zero-order chi connectivity index (χ0) is 10.4. The van der Waals surface area contributed by atoms with Crippen molar-refractivity contribution in [1.29, 1.82) is 0 Å². The molecule has 0 spiro atoms. The Balaban J connectivity index is 2.88. The maximum absolute atomic E-state index is 5.69. The van der Waals surface area contributed by atoms with Gasteiger partial charge >= 0.3 is 0 Å². The minimum atomic E-state index is 0.533. The van der Waals surface area contributed by atoms with E-state index in [4.69, 9.17) is 11.6 Å². The Bertz CT molecular complexity index is 317. The van der Waals surface area contributed by atoms with Gasteiger partial charge in [0.05, 0.1) is 5.69 Å². The molecule has 1 aromatic carbocycles. The van der Waals surface area contributed by atoms with Crippen molar-refractivity contribution in [2.75, 3.05) is 5.01 Å². The lowest BCUT2D eigenvalue weighted by Gasteiger charge is -2.13. The summed E-state index contributed by atoms with van der Waals surface area (Å²) in [7, 11) is 0. The minimum Gasteiger partial charge on any atom is -0.242 e. The van der Waals surface area contributed by atoms with Gasteiger partial charge in [0, 0.05) is 18.8 Å². The molecule has 0 saturated carbocycles. The lowest BCUT2D eigenvalue weighted by molar-refractivity contribution is 1.08. The lowest BCUT2D eigenvalue weighted by Crippen LogP contribution is -2.05. The number of anilines is 1. The zero-order valence-electron chi connectivity index (χ0n) is 8.15. The number of hydrogen-bond donors (Lipinski definition) is 0. The molecular formula is C11H13ClN2. The Morgan fingerprint density at radius 3 is 2.50 bits per heavy atom. The van der Waals surface area contributed by atoms with Crippen LogP contribution in [-0.4, -0.2) is 6.72 Å². The van der Waals surface area contributed by atoms with Crippen LogP contribution in [0.15, 0.2) is 41.6 Å². The molecule has 14 heavy (non-hydrogen) atoms. The van der Waals surface area contributed by atoms with Crippen LogP contribution >= 0.6 is 11.6 Å². The molecule has 0 atom stereocenters. The monoisotopic (exact) mass is 208 g/mol. The van der Waals surface area contributed by atoms with Gasteiger partial charge < -0.3 is 0 Å². The standard InChI is InChI=1S/C11H13ClN2/c1-3-8-14(13-2)11-6-4-10(9-12)5-7-11/h3-8H,2,9H2,1H3/b8-3-. The maximum atomic E-state index is 5.69. The van der Waals surface area contributed by atoms with Crippen molar-refractivity contribution < 1.29 is 0 Å². The summed E-state index contributed by atoms with van der Waals surface area (Å²) in [5, 5.41) is 5.57. The van der Waals surface area contributed by atoms with Crippen molar-refractivity contribution >= 4 is 24.0 Å². The van der Waals surface area contributed by atoms with Crippen molar-refractivity contribution in [2.45, 2.75) is 12.8 Å². The van der Waals surface area contributed by atoms with Gasteiger partial charge in [-0.25, -0.2) is 5.01 Å². The fraction of sp³-hybridized carbons (Fsp3) is 0.182. The number of hydrazone groups is 1. The molecule has 0 heterocycles. The molecule has 0 N–H and O–H groups in total. The van der Waals surface area contributed by atoms with Gasteiger partial charge in [0.2, 0.25) is 0 Å². The number of halogens is 1. The van der Waals surface area contributed by atoms with Crippen LogP contribution in [0.1, 0.15) is 12.5 Å². The molecule has 1 rings (SSSR count). The van der Waals surface area contributed by atoms with Crippen LogP contribution in [0.25, 0.3) is 0 Å². The minimum absolute atomic E-state index is 0.533. The van der Waals surface area contributed by atoms with E-state index in [1.807, 2.05) is 43.5 Å². The third-order valence-corrected chi connectivity index (χ3v) is 2.11. The van der Waals surface area contributed by atoms with E-state index in [2.05, 4.69) is 11.8 Å². The first-order chi connectivity index (χ1) is 6.81. The van der Waals surface area contributed by atoms with Crippen LogP contribution in [-0.2, 0) is 5.88 Å². The van der Waals surface area contributed by atoms with Gasteiger partial charge in [-0.05, 0) is 24.6 Å². The van der Waals surface area contributed by atoms with E-state index in [0.29, 0.717) is 5.88 Å². The topological polar surface area (TPSA) is 15.6 Å². The van der Waals surface area contributed by atoms with Crippen molar-refractivity contribution in [1.82, 2.24) is 0 Å². The second-order valence-corrected chi connectivity index (χ2v) is 3.04. The summed E-state index contributed by atoms with van der Waals surface area (Å²) in [5.74, 6) is 0.533. The van der Waals surface area contributed by atoms with E-state index in [-0.39, 0.29) is 0 Å². The third kappa shape index (κ3) is 2.60. The van der Waals surface area contributed by atoms with Crippen LogP contribution in [0.5, 0.6) is 0 Å². The molecule has 74 valence electrons. The van der Waals surface area contributed by atoms with Gasteiger partial charge in [-0.1, -0.05) is 18.2 Å². The highest BCUT2D eigenvalue weighted by molar-refractivity contribution is 6.17. The van der Waals surface area contributed by atoms with Gasteiger partial charge in [-0.3, -0.25) is 0 Å². The Hall–Kier alpha value is -1.28. The molecule has 0 amide bonds. The summed E-state index contributed by atoms with van der Waals surface area (Å²) < 4.78 is 0. The van der Waals surface area contributed by atoms with Crippen molar-refractivity contribution in [3.8, 4) is 0 Å². The summed E-state index contributed by atoms with van der Waals surface area (Å²) in [6, 6.07) is 7.88. The van der Waals surface area contributed by atoms with Crippen molar-refractivity contribution in [3.05, 3.63) is 42.1 Å². The number of hydrogen-bond acceptors (Lipinski definition) is 2. The molecule has 0 fully saturated rings. The van der Waals surface area contributed by atoms with Gasteiger partial charge in [-0.2, -0.15) is 5.10 Å². The van der Waals surface area contributed by atoms with Crippen LogP contribution in [0, 0.1) is 0 Å². The second-order valence-electron chi connectivity index (χ2n) is 2.77. The van der Waals surface area contributed by atoms with Crippen LogP contribution < -0.4 is 5.01 Å². The average Bonchev–Trinajstić information content (AvgIpc) is 2.26.